The van der Waals surface area contributed by atoms with E-state index in [2.05, 4.69) is 53.6 Å². The molecule has 1 aliphatic rings. The average Bonchev–Trinajstić information content (AvgIpc) is 2.96. The van der Waals surface area contributed by atoms with Crippen LogP contribution in [-0.4, -0.2) is 41.3 Å². The first-order chi connectivity index (χ1) is 14.6. The first kappa shape index (κ1) is 19.8. The van der Waals surface area contributed by atoms with Crippen molar-refractivity contribution >= 4 is 11.8 Å². The lowest BCUT2D eigenvalue weighted by molar-refractivity contribution is -0.124. The SMILES string of the molecule is Cc1ccc(-c2ccccc2CC2CN(C(=O)c3ccccn3)CCNC2=O)cc1. The first-order valence-electron chi connectivity index (χ1n) is 10.2. The van der Waals surface area contributed by atoms with Crippen molar-refractivity contribution in [2.45, 2.75) is 13.3 Å². The summed E-state index contributed by atoms with van der Waals surface area (Å²) < 4.78 is 0. The van der Waals surface area contributed by atoms with E-state index < -0.39 is 0 Å². The van der Waals surface area contributed by atoms with Gasteiger partial charge in [0.1, 0.15) is 5.69 Å². The van der Waals surface area contributed by atoms with Crippen molar-refractivity contribution < 1.29 is 9.59 Å². The number of carbonyl (C=O) groups is 2. The third kappa shape index (κ3) is 4.40. The van der Waals surface area contributed by atoms with Crippen molar-refractivity contribution in [3.8, 4) is 11.1 Å². The van der Waals surface area contributed by atoms with E-state index in [1.54, 1.807) is 29.3 Å². The van der Waals surface area contributed by atoms with Gasteiger partial charge in [0.15, 0.2) is 0 Å². The molecule has 5 heteroatoms. The Morgan fingerprint density at radius 2 is 1.83 bits per heavy atom. The van der Waals surface area contributed by atoms with Crippen molar-refractivity contribution in [3.63, 3.8) is 0 Å². The predicted molar refractivity (Wildman–Crippen MR) is 117 cm³/mol. The predicted octanol–water partition coefficient (Wildman–Crippen LogP) is 3.49. The highest BCUT2D eigenvalue weighted by atomic mass is 16.2. The van der Waals surface area contributed by atoms with Crippen LogP contribution in [0.25, 0.3) is 11.1 Å². The Kier molecular flexibility index (Phi) is 5.89. The largest absolute Gasteiger partial charge is 0.354 e. The number of hydrogen-bond donors (Lipinski definition) is 1. The molecule has 2 aromatic carbocycles. The molecule has 5 nitrogen and oxygen atoms in total. The van der Waals surface area contributed by atoms with Gasteiger partial charge in [-0.25, -0.2) is 0 Å². The van der Waals surface area contributed by atoms with E-state index in [1.807, 2.05) is 12.1 Å². The van der Waals surface area contributed by atoms with Crippen LogP contribution in [0.4, 0.5) is 0 Å². The fourth-order valence-corrected chi connectivity index (χ4v) is 3.87. The van der Waals surface area contributed by atoms with Gasteiger partial charge in [0.25, 0.3) is 5.91 Å². The molecule has 0 spiro atoms. The molecule has 0 bridgehead atoms. The lowest BCUT2D eigenvalue weighted by Gasteiger charge is -2.23. The summed E-state index contributed by atoms with van der Waals surface area (Å²) in [6.07, 6.45) is 2.19. The van der Waals surface area contributed by atoms with Crippen molar-refractivity contribution in [2.24, 2.45) is 5.92 Å². The molecule has 0 radical (unpaired) electrons. The van der Waals surface area contributed by atoms with Crippen LogP contribution >= 0.6 is 0 Å². The van der Waals surface area contributed by atoms with E-state index >= 15 is 0 Å². The molecule has 4 rings (SSSR count). The van der Waals surface area contributed by atoms with Gasteiger partial charge in [-0.15, -0.1) is 0 Å². The summed E-state index contributed by atoms with van der Waals surface area (Å²) in [6, 6.07) is 21.9. The molecule has 152 valence electrons. The Labute approximate surface area is 176 Å². The molecule has 1 aliphatic heterocycles. The molecule has 1 fully saturated rings. The van der Waals surface area contributed by atoms with Crippen LogP contribution < -0.4 is 5.32 Å². The quantitative estimate of drug-likeness (QED) is 0.731. The number of aryl methyl sites for hydroxylation is 1. The molecule has 2 amide bonds. The van der Waals surface area contributed by atoms with E-state index in [4.69, 9.17) is 0 Å². The highest BCUT2D eigenvalue weighted by molar-refractivity contribution is 5.93. The maximum atomic E-state index is 12.9. The second-order valence-corrected chi connectivity index (χ2v) is 7.68. The van der Waals surface area contributed by atoms with Crippen molar-refractivity contribution in [2.75, 3.05) is 19.6 Å². The number of nitrogens with one attached hydrogen (secondary N) is 1. The molecular formula is C25H25N3O2. The summed E-state index contributed by atoms with van der Waals surface area (Å²) in [5.41, 5.74) is 4.98. The van der Waals surface area contributed by atoms with Crippen LogP contribution in [-0.2, 0) is 11.2 Å². The molecular weight excluding hydrogens is 374 g/mol. The van der Waals surface area contributed by atoms with E-state index in [9.17, 15) is 9.59 Å². The van der Waals surface area contributed by atoms with Crippen LogP contribution in [0.15, 0.2) is 72.9 Å². The van der Waals surface area contributed by atoms with Gasteiger partial charge in [-0.05, 0) is 42.2 Å². The molecule has 1 aromatic heterocycles. The van der Waals surface area contributed by atoms with Gasteiger partial charge in [0, 0.05) is 25.8 Å². The maximum absolute atomic E-state index is 12.9. The molecule has 1 atom stereocenters. The molecule has 0 aliphatic carbocycles. The maximum Gasteiger partial charge on any atom is 0.272 e. The summed E-state index contributed by atoms with van der Waals surface area (Å²) >= 11 is 0. The van der Waals surface area contributed by atoms with E-state index in [0.717, 1.165) is 16.7 Å². The number of benzene rings is 2. The van der Waals surface area contributed by atoms with E-state index in [1.165, 1.54) is 5.56 Å². The standard InChI is InChI=1S/C25H25N3O2/c1-18-9-11-19(12-10-18)22-7-3-2-6-20(22)16-21-17-28(15-14-27-24(21)29)25(30)23-8-4-5-13-26-23/h2-13,21H,14-17H2,1H3,(H,27,29). The minimum absolute atomic E-state index is 0.00923. The monoisotopic (exact) mass is 399 g/mol. The second kappa shape index (κ2) is 8.91. The van der Waals surface area contributed by atoms with Crippen molar-refractivity contribution in [1.29, 1.82) is 0 Å². The third-order valence-electron chi connectivity index (χ3n) is 5.51. The molecule has 0 saturated carbocycles. The Bertz CT molecular complexity index is 1030. The van der Waals surface area contributed by atoms with Crippen LogP contribution in [0.1, 0.15) is 21.6 Å². The van der Waals surface area contributed by atoms with E-state index in [-0.39, 0.29) is 17.7 Å². The Hall–Kier alpha value is -3.47. The zero-order valence-electron chi connectivity index (χ0n) is 17.0. The number of hydrogen-bond acceptors (Lipinski definition) is 3. The van der Waals surface area contributed by atoms with Gasteiger partial charge >= 0.3 is 0 Å². The highest BCUT2D eigenvalue weighted by Gasteiger charge is 2.29. The fraction of sp³-hybridized carbons (Fsp3) is 0.240. The molecule has 3 aromatic rings. The summed E-state index contributed by atoms with van der Waals surface area (Å²) in [5.74, 6) is -0.458. The van der Waals surface area contributed by atoms with Gasteiger partial charge in [-0.2, -0.15) is 0 Å². The fourth-order valence-electron chi connectivity index (χ4n) is 3.87. The van der Waals surface area contributed by atoms with Gasteiger partial charge in [-0.1, -0.05) is 60.2 Å². The first-order valence-corrected chi connectivity index (χ1v) is 10.2. The highest BCUT2D eigenvalue weighted by Crippen LogP contribution is 2.27. The van der Waals surface area contributed by atoms with Crippen molar-refractivity contribution in [3.05, 3.63) is 89.7 Å². The Balaban J connectivity index is 1.58. The van der Waals surface area contributed by atoms with Gasteiger partial charge in [-0.3, -0.25) is 14.6 Å². The lowest BCUT2D eigenvalue weighted by atomic mass is 9.91. The van der Waals surface area contributed by atoms with Crippen LogP contribution in [0, 0.1) is 12.8 Å². The minimum atomic E-state index is -0.313. The number of pyridine rings is 1. The minimum Gasteiger partial charge on any atom is -0.354 e. The summed E-state index contributed by atoms with van der Waals surface area (Å²) in [6.45, 7) is 3.38. The zero-order valence-corrected chi connectivity index (χ0v) is 17.0. The number of nitrogens with zero attached hydrogens (tertiary/aromatic N) is 2. The summed E-state index contributed by atoms with van der Waals surface area (Å²) in [7, 11) is 0. The van der Waals surface area contributed by atoms with Crippen LogP contribution in [0.5, 0.6) is 0 Å². The van der Waals surface area contributed by atoms with E-state index in [0.29, 0.717) is 31.7 Å². The Morgan fingerprint density at radius 1 is 1.07 bits per heavy atom. The van der Waals surface area contributed by atoms with Crippen molar-refractivity contribution in [1.82, 2.24) is 15.2 Å². The normalized spacial score (nSPS) is 16.6. The molecule has 2 heterocycles. The third-order valence-corrected chi connectivity index (χ3v) is 5.51. The second-order valence-electron chi connectivity index (χ2n) is 7.68. The Morgan fingerprint density at radius 3 is 2.60 bits per heavy atom. The van der Waals surface area contributed by atoms with Gasteiger partial charge < -0.3 is 10.2 Å². The summed E-state index contributed by atoms with van der Waals surface area (Å²) in [4.78, 5) is 31.6. The average molecular weight is 399 g/mol. The smallest absolute Gasteiger partial charge is 0.272 e. The molecule has 1 N–H and O–H groups in total. The molecule has 1 unspecified atom stereocenters. The lowest BCUT2D eigenvalue weighted by Crippen LogP contribution is -2.37. The topological polar surface area (TPSA) is 62.3 Å². The molecule has 1 saturated heterocycles. The summed E-state index contributed by atoms with van der Waals surface area (Å²) in [5, 5.41) is 2.96. The number of carbonyl (C=O) groups excluding carboxylic acids is 2. The number of rotatable bonds is 4. The van der Waals surface area contributed by atoms with Crippen LogP contribution in [0.3, 0.4) is 0 Å². The van der Waals surface area contributed by atoms with Crippen LogP contribution in [0.2, 0.25) is 0 Å². The molecule has 30 heavy (non-hydrogen) atoms. The number of amides is 2. The number of aromatic nitrogens is 1. The van der Waals surface area contributed by atoms with Gasteiger partial charge in [0.05, 0.1) is 5.92 Å². The van der Waals surface area contributed by atoms with Gasteiger partial charge in [0.2, 0.25) is 5.91 Å². The zero-order chi connectivity index (χ0) is 20.9.